The number of pyridine rings is 1. The maximum absolute atomic E-state index is 14.2. The van der Waals surface area contributed by atoms with Crippen molar-refractivity contribution in [2.75, 3.05) is 6.61 Å². The highest BCUT2D eigenvalue weighted by Crippen LogP contribution is 2.33. The van der Waals surface area contributed by atoms with Crippen molar-refractivity contribution in [1.29, 1.82) is 0 Å². The number of rotatable bonds is 4. The van der Waals surface area contributed by atoms with Gasteiger partial charge in [-0.3, -0.25) is 4.79 Å². The van der Waals surface area contributed by atoms with E-state index < -0.39 is 17.6 Å². The Morgan fingerprint density at radius 3 is 2.87 bits per heavy atom. The van der Waals surface area contributed by atoms with Gasteiger partial charge in [-0.25, -0.2) is 9.97 Å². The maximum atomic E-state index is 14.2. The molecule has 0 bridgehead atoms. The molecular weight excluding hydrogens is 301 g/mol. The topological polar surface area (TPSA) is 85.2 Å². The summed E-state index contributed by atoms with van der Waals surface area (Å²) in [6, 6.07) is 1.58. The Labute approximate surface area is 131 Å². The number of nitrogens with zero attached hydrogens (tertiary/aromatic N) is 3. The van der Waals surface area contributed by atoms with Crippen LogP contribution in [0.3, 0.4) is 0 Å². The summed E-state index contributed by atoms with van der Waals surface area (Å²) in [7, 11) is 0. The van der Waals surface area contributed by atoms with Crippen molar-refractivity contribution >= 4 is 5.78 Å². The van der Waals surface area contributed by atoms with Gasteiger partial charge >= 0.3 is 0 Å². The molecule has 6 nitrogen and oxygen atoms in total. The number of aromatic nitrogens is 3. The highest BCUT2D eigenvalue weighted by molar-refractivity contribution is 6.02. The van der Waals surface area contributed by atoms with Crippen molar-refractivity contribution in [2.24, 2.45) is 0 Å². The van der Waals surface area contributed by atoms with E-state index in [2.05, 4.69) is 21.5 Å². The monoisotopic (exact) mass is 315 g/mol. The van der Waals surface area contributed by atoms with Gasteiger partial charge in [0.25, 0.3) is 0 Å². The summed E-state index contributed by atoms with van der Waals surface area (Å²) in [4.78, 5) is 24.2. The van der Waals surface area contributed by atoms with Crippen molar-refractivity contribution < 1.29 is 19.0 Å². The molecule has 0 aromatic carbocycles. The predicted octanol–water partition coefficient (Wildman–Crippen LogP) is 2.19. The molecule has 0 radical (unpaired) electrons. The number of halogens is 1. The molecule has 1 unspecified atom stereocenters. The molecule has 2 aromatic heterocycles. The van der Waals surface area contributed by atoms with Crippen LogP contribution >= 0.6 is 0 Å². The average molecular weight is 315 g/mol. The van der Waals surface area contributed by atoms with E-state index in [1.165, 1.54) is 18.5 Å². The van der Waals surface area contributed by atoms with E-state index in [1.807, 2.05) is 0 Å². The molecule has 23 heavy (non-hydrogen) atoms. The molecule has 1 atom stereocenters. The van der Waals surface area contributed by atoms with E-state index in [0.29, 0.717) is 18.4 Å². The molecule has 0 spiro atoms. The second kappa shape index (κ2) is 6.12. The molecule has 1 aliphatic carbocycles. The summed E-state index contributed by atoms with van der Waals surface area (Å²) in [5, 5.41) is 9.22. The summed E-state index contributed by atoms with van der Waals surface area (Å²) in [5.74, 6) is -1.58. The van der Waals surface area contributed by atoms with Gasteiger partial charge in [0.15, 0.2) is 11.5 Å². The molecule has 1 aliphatic rings. The number of ether oxygens (including phenoxy) is 1. The number of carbonyl (C=O) groups is 1. The third-order valence-electron chi connectivity index (χ3n) is 3.62. The molecule has 3 rings (SSSR count). The summed E-state index contributed by atoms with van der Waals surface area (Å²) in [6.07, 6.45) is 4.90. The minimum Gasteiger partial charge on any atom is -0.505 e. The molecule has 1 N–H and O–H groups in total. The number of hydrogen-bond acceptors (Lipinski definition) is 6. The van der Waals surface area contributed by atoms with Gasteiger partial charge in [0.1, 0.15) is 12.4 Å². The number of carbonyl (C=O) groups excluding carboxylic acids is 1. The van der Waals surface area contributed by atoms with Crippen LogP contribution in [0.25, 0.3) is 0 Å². The van der Waals surface area contributed by atoms with Crippen LogP contribution in [0.5, 0.6) is 11.6 Å². The largest absolute Gasteiger partial charge is 0.505 e. The second-order valence-electron chi connectivity index (χ2n) is 5.14. The van der Waals surface area contributed by atoms with Crippen molar-refractivity contribution in [2.45, 2.75) is 18.8 Å². The Morgan fingerprint density at radius 2 is 2.17 bits per heavy atom. The number of ketones is 1. The Bertz CT molecular complexity index is 762. The van der Waals surface area contributed by atoms with Crippen LogP contribution < -0.4 is 4.74 Å². The number of fused-ring (bicyclic) bond motifs is 1. The lowest BCUT2D eigenvalue weighted by Crippen LogP contribution is -2.24. The Balaban J connectivity index is 1.93. The standard InChI is InChI=1S/C16H14FN3O3/c1-2-5-23-12-6-9-3-4-11(14(22)13(9)15(17)20-12)16-18-7-10(21)8-19-16/h2,6-8,11,21H,1,3-5H2. The molecule has 118 valence electrons. The lowest BCUT2D eigenvalue weighted by molar-refractivity contribution is 0.0936. The fraction of sp³-hybridized carbons (Fsp3) is 0.250. The van der Waals surface area contributed by atoms with E-state index >= 15 is 0 Å². The van der Waals surface area contributed by atoms with Crippen LogP contribution in [0.1, 0.15) is 34.1 Å². The van der Waals surface area contributed by atoms with E-state index in [4.69, 9.17) is 4.74 Å². The van der Waals surface area contributed by atoms with Gasteiger partial charge in [-0.05, 0) is 18.4 Å². The van der Waals surface area contributed by atoms with E-state index in [1.54, 1.807) is 6.07 Å². The van der Waals surface area contributed by atoms with Gasteiger partial charge in [-0.2, -0.15) is 9.37 Å². The van der Waals surface area contributed by atoms with E-state index in [-0.39, 0.29) is 29.6 Å². The molecular formula is C16H14FN3O3. The van der Waals surface area contributed by atoms with Crippen molar-refractivity contribution in [3.63, 3.8) is 0 Å². The Kier molecular flexibility index (Phi) is 4.01. The van der Waals surface area contributed by atoms with Crippen LogP contribution in [0.4, 0.5) is 4.39 Å². The number of Topliss-reactive ketones (excluding diaryl/α,β-unsaturated/α-hetero) is 1. The first-order valence-corrected chi connectivity index (χ1v) is 7.08. The quantitative estimate of drug-likeness (QED) is 0.687. The van der Waals surface area contributed by atoms with Gasteiger partial charge < -0.3 is 9.84 Å². The molecule has 0 aliphatic heterocycles. The smallest absolute Gasteiger partial charge is 0.227 e. The minimum absolute atomic E-state index is 0.0381. The first-order chi connectivity index (χ1) is 11.1. The zero-order chi connectivity index (χ0) is 16.4. The van der Waals surface area contributed by atoms with Crippen LogP contribution in [0.15, 0.2) is 31.1 Å². The fourth-order valence-electron chi connectivity index (χ4n) is 2.58. The lowest BCUT2D eigenvalue weighted by atomic mass is 9.83. The first-order valence-electron chi connectivity index (χ1n) is 7.08. The molecule has 0 fully saturated rings. The van der Waals surface area contributed by atoms with Crippen LogP contribution in [-0.2, 0) is 6.42 Å². The zero-order valence-electron chi connectivity index (χ0n) is 12.2. The maximum Gasteiger partial charge on any atom is 0.227 e. The van der Waals surface area contributed by atoms with Crippen LogP contribution in [-0.4, -0.2) is 32.4 Å². The number of aromatic hydroxyl groups is 1. The normalized spacial score (nSPS) is 16.7. The molecule has 2 aromatic rings. The van der Waals surface area contributed by atoms with Crippen LogP contribution in [0, 0.1) is 5.95 Å². The molecule has 0 saturated heterocycles. The Morgan fingerprint density at radius 1 is 1.43 bits per heavy atom. The highest BCUT2D eigenvalue weighted by atomic mass is 19.1. The second-order valence-corrected chi connectivity index (χ2v) is 5.14. The van der Waals surface area contributed by atoms with E-state index in [0.717, 1.165) is 0 Å². The summed E-state index contributed by atoms with van der Waals surface area (Å²) in [6.45, 7) is 3.73. The summed E-state index contributed by atoms with van der Waals surface area (Å²) < 4.78 is 19.5. The third kappa shape index (κ3) is 2.90. The van der Waals surface area contributed by atoms with Crippen LogP contribution in [0.2, 0.25) is 0 Å². The highest BCUT2D eigenvalue weighted by Gasteiger charge is 2.34. The first kappa shape index (κ1) is 15.1. The van der Waals surface area contributed by atoms with Gasteiger partial charge in [0.05, 0.1) is 23.9 Å². The molecule has 0 amide bonds. The predicted molar refractivity (Wildman–Crippen MR) is 79.0 cm³/mol. The van der Waals surface area contributed by atoms with E-state index in [9.17, 15) is 14.3 Å². The zero-order valence-corrected chi connectivity index (χ0v) is 12.2. The fourth-order valence-corrected chi connectivity index (χ4v) is 2.58. The average Bonchev–Trinajstić information content (AvgIpc) is 2.54. The Hall–Kier alpha value is -2.83. The molecule has 7 heteroatoms. The summed E-state index contributed by atoms with van der Waals surface area (Å²) in [5.41, 5.74) is 0.528. The molecule has 0 saturated carbocycles. The van der Waals surface area contributed by atoms with Crippen molar-refractivity contribution in [3.05, 3.63) is 54.0 Å². The minimum atomic E-state index is -0.852. The van der Waals surface area contributed by atoms with Crippen molar-refractivity contribution in [1.82, 2.24) is 15.0 Å². The third-order valence-corrected chi connectivity index (χ3v) is 3.62. The number of hydrogen-bond donors (Lipinski definition) is 1. The summed E-state index contributed by atoms with van der Waals surface area (Å²) >= 11 is 0. The molecule has 2 heterocycles. The van der Waals surface area contributed by atoms with Gasteiger partial charge in [0.2, 0.25) is 11.8 Å². The lowest BCUT2D eigenvalue weighted by Gasteiger charge is -2.22. The van der Waals surface area contributed by atoms with Crippen molar-refractivity contribution in [3.8, 4) is 11.6 Å². The number of aryl methyl sites for hydroxylation is 1. The van der Waals surface area contributed by atoms with Gasteiger partial charge in [0, 0.05) is 6.07 Å². The van der Waals surface area contributed by atoms with Gasteiger partial charge in [-0.1, -0.05) is 12.7 Å². The van der Waals surface area contributed by atoms with Gasteiger partial charge in [-0.15, -0.1) is 0 Å². The SMILES string of the molecule is C=CCOc1cc2c(c(F)n1)C(=O)C(c1ncc(O)cn1)CC2.